The molecule has 0 aliphatic carbocycles. The van der Waals surface area contributed by atoms with E-state index in [0.717, 1.165) is 11.4 Å². The highest BCUT2D eigenvalue weighted by Gasteiger charge is 2.16. The molecule has 1 N–H and O–H groups in total. The molecule has 0 aliphatic heterocycles. The number of pyridine rings is 1. The fraction of sp³-hybridized carbons (Fsp3) is 0.357. The summed E-state index contributed by atoms with van der Waals surface area (Å²) in [6.07, 6.45) is 4.50. The van der Waals surface area contributed by atoms with Crippen molar-refractivity contribution in [2.45, 2.75) is 26.3 Å². The lowest BCUT2D eigenvalue weighted by Gasteiger charge is -2.14. The summed E-state index contributed by atoms with van der Waals surface area (Å²) < 4.78 is 4.75. The number of aromatic nitrogens is 2. The third-order valence-electron chi connectivity index (χ3n) is 2.86. The molecule has 0 bridgehead atoms. The summed E-state index contributed by atoms with van der Waals surface area (Å²) in [6, 6.07) is 3.38. The van der Waals surface area contributed by atoms with Crippen molar-refractivity contribution in [3.05, 3.63) is 40.0 Å². The van der Waals surface area contributed by atoms with E-state index in [-0.39, 0.29) is 6.04 Å². The van der Waals surface area contributed by atoms with E-state index in [9.17, 15) is 4.79 Å². The second-order valence-electron chi connectivity index (χ2n) is 4.28. The van der Waals surface area contributed by atoms with E-state index in [4.69, 9.17) is 4.74 Å². The maximum absolute atomic E-state index is 11.7. The van der Waals surface area contributed by atoms with Crippen molar-refractivity contribution < 1.29 is 9.53 Å². The smallest absolute Gasteiger partial charge is 0.341 e. The lowest BCUT2D eigenvalue weighted by atomic mass is 10.2. The normalized spacial score (nSPS) is 11.9. The number of aryl methyl sites for hydroxylation is 1. The Morgan fingerprint density at radius 1 is 1.50 bits per heavy atom. The first kappa shape index (κ1) is 14.5. The molecule has 6 heteroatoms. The van der Waals surface area contributed by atoms with Crippen LogP contribution in [0.25, 0.3) is 0 Å². The number of methoxy groups -OCH3 is 1. The number of nitrogens with one attached hydrogen (secondary N) is 1. The average Bonchev–Trinajstić information content (AvgIpc) is 2.96. The third-order valence-corrected chi connectivity index (χ3v) is 4.18. The number of hydrogen-bond donors (Lipinski definition) is 1. The van der Waals surface area contributed by atoms with Crippen LogP contribution in [-0.2, 0) is 11.2 Å². The van der Waals surface area contributed by atoms with Gasteiger partial charge in [-0.2, -0.15) is 0 Å². The van der Waals surface area contributed by atoms with E-state index < -0.39 is 5.97 Å². The Balaban J connectivity index is 2.19. The van der Waals surface area contributed by atoms with Crippen LogP contribution in [0.2, 0.25) is 0 Å². The van der Waals surface area contributed by atoms with Gasteiger partial charge in [0.2, 0.25) is 0 Å². The van der Waals surface area contributed by atoms with Crippen LogP contribution in [0.4, 0.5) is 5.82 Å². The molecule has 2 rings (SSSR count). The molecule has 2 heterocycles. The van der Waals surface area contributed by atoms with E-state index in [1.807, 2.05) is 13.1 Å². The summed E-state index contributed by atoms with van der Waals surface area (Å²) >= 11 is 1.66. The van der Waals surface area contributed by atoms with Crippen LogP contribution in [-0.4, -0.2) is 23.0 Å². The van der Waals surface area contributed by atoms with Gasteiger partial charge in [0, 0.05) is 17.3 Å². The fourth-order valence-electron chi connectivity index (χ4n) is 1.75. The van der Waals surface area contributed by atoms with Gasteiger partial charge in [-0.15, -0.1) is 11.3 Å². The van der Waals surface area contributed by atoms with Gasteiger partial charge in [-0.25, -0.2) is 14.8 Å². The Morgan fingerprint density at radius 3 is 2.95 bits per heavy atom. The van der Waals surface area contributed by atoms with Crippen LogP contribution in [0.1, 0.15) is 40.1 Å². The van der Waals surface area contributed by atoms with Crippen molar-refractivity contribution in [1.29, 1.82) is 0 Å². The maximum Gasteiger partial charge on any atom is 0.341 e. The molecular formula is C14H17N3O2S. The lowest BCUT2D eigenvalue weighted by molar-refractivity contribution is 0.0601. The number of esters is 1. The van der Waals surface area contributed by atoms with Crippen molar-refractivity contribution in [1.82, 2.24) is 9.97 Å². The van der Waals surface area contributed by atoms with Crippen LogP contribution >= 0.6 is 11.3 Å². The zero-order chi connectivity index (χ0) is 14.5. The van der Waals surface area contributed by atoms with Gasteiger partial charge < -0.3 is 10.1 Å². The quantitative estimate of drug-likeness (QED) is 0.858. The fourth-order valence-corrected chi connectivity index (χ4v) is 2.61. The Labute approximate surface area is 122 Å². The molecule has 0 aromatic carbocycles. The topological polar surface area (TPSA) is 64.1 Å². The minimum absolute atomic E-state index is 0.0152. The third kappa shape index (κ3) is 3.14. The molecule has 1 unspecified atom stereocenters. The molecule has 2 aromatic rings. The summed E-state index contributed by atoms with van der Waals surface area (Å²) in [6.45, 7) is 4.09. The van der Waals surface area contributed by atoms with E-state index in [2.05, 4.69) is 22.2 Å². The first-order valence-electron chi connectivity index (χ1n) is 6.40. The highest BCUT2D eigenvalue weighted by Crippen LogP contribution is 2.24. The molecule has 20 heavy (non-hydrogen) atoms. The summed E-state index contributed by atoms with van der Waals surface area (Å²) in [7, 11) is 1.36. The number of carbonyl (C=O) groups excluding carboxylic acids is 1. The van der Waals surface area contributed by atoms with Gasteiger partial charge >= 0.3 is 5.97 Å². The van der Waals surface area contributed by atoms with Gasteiger partial charge in [0.25, 0.3) is 0 Å². The standard InChI is InChI=1S/C14H17N3O2S/c1-4-10-8-16-13(20-10)9(2)17-12-11(14(18)19-3)6-5-7-15-12/h5-9H,4H2,1-3H3,(H,15,17). The first-order chi connectivity index (χ1) is 9.65. The van der Waals surface area contributed by atoms with Crippen molar-refractivity contribution in [3.63, 3.8) is 0 Å². The summed E-state index contributed by atoms with van der Waals surface area (Å²) in [5, 5.41) is 4.19. The van der Waals surface area contributed by atoms with Gasteiger partial charge in [0.05, 0.1) is 13.2 Å². The first-order valence-corrected chi connectivity index (χ1v) is 7.21. The molecule has 0 saturated heterocycles. The summed E-state index contributed by atoms with van der Waals surface area (Å²) in [5.41, 5.74) is 0.425. The van der Waals surface area contributed by atoms with Crippen LogP contribution in [0.15, 0.2) is 24.5 Å². The second-order valence-corrected chi connectivity index (χ2v) is 5.42. The molecule has 2 aromatic heterocycles. The highest BCUT2D eigenvalue weighted by molar-refractivity contribution is 7.11. The number of rotatable bonds is 5. The maximum atomic E-state index is 11.7. The molecule has 0 saturated carbocycles. The predicted molar refractivity (Wildman–Crippen MR) is 79.1 cm³/mol. The summed E-state index contributed by atoms with van der Waals surface area (Å²) in [4.78, 5) is 21.5. The molecule has 0 spiro atoms. The van der Waals surface area contributed by atoms with E-state index >= 15 is 0 Å². The largest absolute Gasteiger partial charge is 0.465 e. The highest BCUT2D eigenvalue weighted by atomic mass is 32.1. The molecule has 0 radical (unpaired) electrons. The average molecular weight is 291 g/mol. The molecule has 0 amide bonds. The minimum atomic E-state index is -0.402. The predicted octanol–water partition coefficient (Wildman–Crippen LogP) is 3.06. The number of carbonyl (C=O) groups is 1. The Morgan fingerprint density at radius 2 is 2.30 bits per heavy atom. The minimum Gasteiger partial charge on any atom is -0.465 e. The van der Waals surface area contributed by atoms with E-state index in [0.29, 0.717) is 11.4 Å². The second kappa shape index (κ2) is 6.47. The Bertz CT molecular complexity index is 598. The number of nitrogens with zero attached hydrogens (tertiary/aromatic N) is 2. The number of anilines is 1. The Kier molecular flexibility index (Phi) is 4.68. The molecule has 1 atom stereocenters. The molecule has 5 nitrogen and oxygen atoms in total. The van der Waals surface area contributed by atoms with Gasteiger partial charge in [0.1, 0.15) is 16.4 Å². The Hall–Kier alpha value is -1.95. The number of hydrogen-bond acceptors (Lipinski definition) is 6. The van der Waals surface area contributed by atoms with Gasteiger partial charge in [0.15, 0.2) is 0 Å². The van der Waals surface area contributed by atoms with Crippen molar-refractivity contribution in [3.8, 4) is 0 Å². The SMILES string of the molecule is CCc1cnc(C(C)Nc2ncccc2C(=O)OC)s1. The lowest BCUT2D eigenvalue weighted by Crippen LogP contribution is -2.12. The summed E-state index contributed by atoms with van der Waals surface area (Å²) in [5.74, 6) is 0.112. The van der Waals surface area contributed by atoms with Crippen LogP contribution in [0, 0.1) is 0 Å². The van der Waals surface area contributed by atoms with E-state index in [1.54, 1.807) is 29.7 Å². The molecule has 106 valence electrons. The van der Waals surface area contributed by atoms with Crippen molar-refractivity contribution in [2.24, 2.45) is 0 Å². The van der Waals surface area contributed by atoms with Gasteiger partial charge in [-0.05, 0) is 25.5 Å². The van der Waals surface area contributed by atoms with Gasteiger partial charge in [-0.1, -0.05) is 6.92 Å². The van der Waals surface area contributed by atoms with Crippen LogP contribution in [0.5, 0.6) is 0 Å². The van der Waals surface area contributed by atoms with Crippen molar-refractivity contribution >= 4 is 23.1 Å². The molecule has 0 fully saturated rings. The molecular weight excluding hydrogens is 274 g/mol. The monoisotopic (exact) mass is 291 g/mol. The molecule has 0 aliphatic rings. The number of ether oxygens (including phenoxy) is 1. The zero-order valence-corrected chi connectivity index (χ0v) is 12.5. The van der Waals surface area contributed by atoms with Gasteiger partial charge in [-0.3, -0.25) is 0 Å². The number of thiazole rings is 1. The van der Waals surface area contributed by atoms with Crippen LogP contribution in [0.3, 0.4) is 0 Å². The van der Waals surface area contributed by atoms with E-state index in [1.165, 1.54) is 12.0 Å². The zero-order valence-electron chi connectivity index (χ0n) is 11.7. The van der Waals surface area contributed by atoms with Crippen molar-refractivity contribution in [2.75, 3.05) is 12.4 Å². The van der Waals surface area contributed by atoms with Crippen LogP contribution < -0.4 is 5.32 Å².